The van der Waals surface area contributed by atoms with Gasteiger partial charge in [0.25, 0.3) is 15.6 Å². The summed E-state index contributed by atoms with van der Waals surface area (Å²) in [6.45, 7) is 1.13. The molecule has 0 bridgehead atoms. The molecule has 0 radical (unpaired) electrons. The van der Waals surface area contributed by atoms with E-state index >= 15 is 0 Å². The second-order valence-electron chi connectivity index (χ2n) is 13.1. The summed E-state index contributed by atoms with van der Waals surface area (Å²) in [6, 6.07) is 0.369. The number of ether oxygens (including phenoxy) is 3. The number of fused-ring (bicyclic) bond motifs is 1. The molecule has 0 spiro atoms. The molecule has 6 heterocycles. The second-order valence-corrected chi connectivity index (χ2v) is 15.7. The van der Waals surface area contributed by atoms with Crippen LogP contribution in [0.4, 0.5) is 11.6 Å². The molecule has 316 valence electrons. The van der Waals surface area contributed by atoms with Crippen molar-refractivity contribution in [2.24, 2.45) is 0 Å². The first-order chi connectivity index (χ1) is 27.4. The molecular weight excluding hydrogens is 818 g/mol. The predicted octanol–water partition coefficient (Wildman–Crippen LogP) is -3.26. The van der Waals surface area contributed by atoms with Gasteiger partial charge in [-0.15, -0.1) is 6.58 Å². The Hall–Kier alpha value is -4.72. The van der Waals surface area contributed by atoms with Gasteiger partial charge in [-0.1, -0.05) is 6.08 Å². The summed E-state index contributed by atoms with van der Waals surface area (Å²) in [4.78, 5) is 101. The summed E-state index contributed by atoms with van der Waals surface area (Å²) in [7, 11) is -10.8. The number of nitrogens with one attached hydrogen (secondary N) is 1. The highest BCUT2D eigenvalue weighted by Gasteiger charge is 2.49. The number of allylic oxidation sites excluding steroid dienone is 1. The fourth-order valence-corrected chi connectivity index (χ4v) is 7.74. The molecule has 58 heavy (non-hydrogen) atoms. The number of amides is 2. The molecule has 3 aliphatic heterocycles. The van der Waals surface area contributed by atoms with E-state index in [0.717, 1.165) is 15.8 Å². The van der Waals surface area contributed by atoms with Crippen molar-refractivity contribution in [1.29, 1.82) is 0 Å². The maximum atomic E-state index is 13.3. The van der Waals surface area contributed by atoms with E-state index in [1.54, 1.807) is 6.08 Å². The number of esters is 1. The fraction of sp³-hybridized carbons (Fsp3) is 0.533. The number of aliphatic hydroxyl groups excluding tert-OH is 1. The maximum Gasteiger partial charge on any atom is 0.351 e. The Bertz CT molecular complexity index is 2180. The van der Waals surface area contributed by atoms with Gasteiger partial charge >= 0.3 is 11.7 Å². The molecule has 28 heteroatoms. The monoisotopic (exact) mass is 856 g/mol. The van der Waals surface area contributed by atoms with Crippen LogP contribution in [0.1, 0.15) is 38.1 Å². The lowest BCUT2D eigenvalue weighted by Crippen LogP contribution is -2.44. The van der Waals surface area contributed by atoms with Crippen molar-refractivity contribution >= 4 is 56.2 Å². The number of carbonyl (C=O) groups is 3. The zero-order chi connectivity index (χ0) is 41.9. The van der Waals surface area contributed by atoms with Crippen molar-refractivity contribution in [3.8, 4) is 0 Å². The third-order valence-electron chi connectivity index (χ3n) is 9.17. The third kappa shape index (κ3) is 10.1. The first-order valence-electron chi connectivity index (χ1n) is 17.4. The largest absolute Gasteiger partial charge is 0.756 e. The predicted molar refractivity (Wildman–Crippen MR) is 188 cm³/mol. The van der Waals surface area contributed by atoms with Crippen LogP contribution in [0.15, 0.2) is 42.4 Å². The van der Waals surface area contributed by atoms with Crippen LogP contribution in [-0.4, -0.2) is 125 Å². The Morgan fingerprint density at radius 1 is 1.10 bits per heavy atom. The Kier molecular flexibility index (Phi) is 13.0. The van der Waals surface area contributed by atoms with Gasteiger partial charge in [-0.05, 0) is 18.9 Å². The molecule has 3 saturated heterocycles. The lowest BCUT2D eigenvalue weighted by molar-refractivity contribution is -0.235. The van der Waals surface area contributed by atoms with Crippen LogP contribution in [0, 0.1) is 0 Å². The van der Waals surface area contributed by atoms with Crippen LogP contribution >= 0.6 is 15.6 Å². The average molecular weight is 857 g/mol. The van der Waals surface area contributed by atoms with Crippen molar-refractivity contribution in [1.82, 2.24) is 39.3 Å². The highest BCUT2D eigenvalue weighted by atomic mass is 31.2. The van der Waals surface area contributed by atoms with Crippen LogP contribution in [0.3, 0.4) is 0 Å². The molecule has 6 rings (SSSR count). The Balaban J connectivity index is 1.16. The zero-order valence-electron chi connectivity index (χ0n) is 30.2. The minimum absolute atomic E-state index is 0.00885. The maximum absolute atomic E-state index is 13.3. The van der Waals surface area contributed by atoms with E-state index in [-0.39, 0.29) is 48.1 Å². The third-order valence-corrected chi connectivity index (χ3v) is 10.6. The Morgan fingerprint density at radius 3 is 2.59 bits per heavy atom. The molecule has 3 aromatic rings. The van der Waals surface area contributed by atoms with E-state index in [1.807, 2.05) is 0 Å². The first-order valence-corrected chi connectivity index (χ1v) is 20.4. The summed E-state index contributed by atoms with van der Waals surface area (Å²) < 4.78 is 58.6. The molecule has 7 N–H and O–H groups in total. The number of phosphoric ester groups is 2. The van der Waals surface area contributed by atoms with E-state index in [2.05, 4.69) is 36.4 Å². The van der Waals surface area contributed by atoms with Gasteiger partial charge < -0.3 is 69.3 Å². The van der Waals surface area contributed by atoms with Crippen molar-refractivity contribution in [3.63, 3.8) is 0 Å². The highest BCUT2D eigenvalue weighted by Crippen LogP contribution is 2.47. The number of likely N-dealkylation sites (tertiary alicyclic amines) is 1. The molecule has 4 unspecified atom stereocenters. The standard InChI is InChI=1S/C30H40N10O16P2/c1-2-3-4-20(41)36-15-5-7-38(28(15)44)10-22(42)55-25-18(54-29(24(25)43)40-14-35-23-26(32)33-13-34-27(23)40)12-52-58(49,50)56-16-9-21(39-8-6-19(31)37-30(39)45)53-17(16)11-51-57(46,47)48/h2,6,8,13-18,21,24-25,29,43H,1,3-5,7,9-12H2,(H,36,41)(H,49,50)(H2,31,37,45)(H2,32,33,34)(H2,46,47,48)/p-2/t15-,16?,17+,18+,21+,24-,25?,29+/m0/s1. The van der Waals surface area contributed by atoms with Crippen LogP contribution in [-0.2, 0) is 51.3 Å². The molecule has 3 fully saturated rings. The van der Waals surface area contributed by atoms with Crippen LogP contribution < -0.4 is 32.3 Å². The van der Waals surface area contributed by atoms with Crippen LogP contribution in [0.25, 0.3) is 11.2 Å². The zero-order valence-corrected chi connectivity index (χ0v) is 31.9. The number of nitrogen functional groups attached to an aromatic ring is 2. The van der Waals surface area contributed by atoms with Gasteiger partial charge in [0.1, 0.15) is 54.8 Å². The number of hydrogen-bond acceptors (Lipinski definition) is 21. The molecule has 0 saturated carbocycles. The van der Waals surface area contributed by atoms with Crippen LogP contribution in [0.2, 0.25) is 0 Å². The summed E-state index contributed by atoms with van der Waals surface area (Å²) in [5.74, 6) is -2.09. The van der Waals surface area contributed by atoms with Gasteiger partial charge in [0.05, 0.1) is 25.6 Å². The SMILES string of the molecule is C=CCCC(=O)N[C@H]1CCN(CC(=O)OC2[C@@H](COP(=O)([O-])OC3C[C@H](n4ccc(N)nc4=O)O[C@@H]3COP(=O)([O-])O)O[C@@H](n3cnc4c(N)ncnc43)[C@H]2O)C1=O. The van der Waals surface area contributed by atoms with E-state index in [1.165, 1.54) is 23.2 Å². The number of phosphoric acid groups is 2. The lowest BCUT2D eigenvalue weighted by Gasteiger charge is -2.30. The van der Waals surface area contributed by atoms with E-state index in [0.29, 0.717) is 6.42 Å². The summed E-state index contributed by atoms with van der Waals surface area (Å²) in [5, 5.41) is 14.1. The number of aliphatic hydroxyl groups is 1. The number of hydrogen-bond donors (Lipinski definition) is 5. The molecular formula is C30H38N10O16P2-2. The van der Waals surface area contributed by atoms with Gasteiger partial charge in [0, 0.05) is 25.6 Å². The molecule has 0 aliphatic carbocycles. The highest BCUT2D eigenvalue weighted by molar-refractivity contribution is 7.46. The molecule has 3 aromatic heterocycles. The van der Waals surface area contributed by atoms with Gasteiger partial charge in [0.15, 0.2) is 23.8 Å². The number of nitrogens with two attached hydrogens (primary N) is 2. The number of anilines is 2. The van der Waals surface area contributed by atoms with E-state index in [4.69, 9.17) is 39.6 Å². The second kappa shape index (κ2) is 17.6. The van der Waals surface area contributed by atoms with Gasteiger partial charge in [-0.2, -0.15) is 4.98 Å². The molecule has 0 aromatic carbocycles. The first kappa shape index (κ1) is 42.9. The van der Waals surface area contributed by atoms with Gasteiger partial charge in [0.2, 0.25) is 11.8 Å². The van der Waals surface area contributed by atoms with Crippen molar-refractivity contribution in [2.45, 2.75) is 74.7 Å². The van der Waals surface area contributed by atoms with E-state index in [9.17, 15) is 43.2 Å². The van der Waals surface area contributed by atoms with Crippen molar-refractivity contribution in [2.75, 3.05) is 37.8 Å². The number of imidazole rings is 1. The van der Waals surface area contributed by atoms with Gasteiger partial charge in [-0.3, -0.25) is 32.6 Å². The summed E-state index contributed by atoms with van der Waals surface area (Å²) >= 11 is 0. The van der Waals surface area contributed by atoms with E-state index < -0.39 is 108 Å². The Morgan fingerprint density at radius 2 is 1.86 bits per heavy atom. The number of rotatable bonds is 17. The topological polar surface area (TPSA) is 373 Å². The van der Waals surface area contributed by atoms with Crippen molar-refractivity contribution < 1.29 is 71.1 Å². The fourth-order valence-electron chi connectivity index (χ4n) is 6.47. The van der Waals surface area contributed by atoms with Gasteiger partial charge in [-0.25, -0.2) is 19.7 Å². The number of nitrogens with zero attached hydrogens (tertiary/aromatic N) is 7. The normalized spacial score (nSPS) is 28.0. The van der Waals surface area contributed by atoms with Crippen LogP contribution in [0.5, 0.6) is 0 Å². The minimum Gasteiger partial charge on any atom is -0.756 e. The number of aromatic nitrogens is 6. The molecule has 10 atom stereocenters. The summed E-state index contributed by atoms with van der Waals surface area (Å²) in [6.07, 6.45) is -5.34. The molecule has 3 aliphatic rings. The number of carbonyl (C=O) groups excluding carboxylic acids is 3. The molecule has 2 amide bonds. The summed E-state index contributed by atoms with van der Waals surface area (Å²) in [5.41, 5.74) is 10.8. The minimum atomic E-state index is -5.47. The molecule has 26 nitrogen and oxygen atoms in total. The smallest absolute Gasteiger partial charge is 0.351 e. The average Bonchev–Trinajstić information content (AvgIpc) is 3.91. The quantitative estimate of drug-likeness (QED) is 0.0505. The Labute approximate surface area is 326 Å². The van der Waals surface area contributed by atoms with Crippen molar-refractivity contribution in [3.05, 3.63) is 48.1 Å². The lowest BCUT2D eigenvalue weighted by atomic mass is 10.1.